The SMILES string of the molecule is O=C(NI)c1ccc([N+](=O)[O-])cc1. The first-order chi connectivity index (χ1) is 6.15. The minimum Gasteiger partial charge on any atom is -0.295 e. The maximum absolute atomic E-state index is 11.0. The summed E-state index contributed by atoms with van der Waals surface area (Å²) < 4.78 is 2.39. The number of halogens is 1. The van der Waals surface area contributed by atoms with Crippen LogP contribution in [0.15, 0.2) is 24.3 Å². The molecule has 0 aliphatic rings. The molecule has 68 valence electrons. The normalized spacial score (nSPS) is 9.31. The molecule has 1 aromatic carbocycles. The molecule has 6 heteroatoms. The molecular weight excluding hydrogens is 287 g/mol. The molecule has 0 aliphatic heterocycles. The summed E-state index contributed by atoms with van der Waals surface area (Å²) in [6.45, 7) is 0. The van der Waals surface area contributed by atoms with Gasteiger partial charge in [0.15, 0.2) is 0 Å². The van der Waals surface area contributed by atoms with E-state index in [1.54, 1.807) is 22.9 Å². The molecule has 13 heavy (non-hydrogen) atoms. The number of hydrogen-bond donors (Lipinski definition) is 1. The van der Waals surface area contributed by atoms with Crippen molar-refractivity contribution in [3.63, 3.8) is 0 Å². The lowest BCUT2D eigenvalue weighted by Crippen LogP contribution is -2.11. The Kier molecular flexibility index (Phi) is 3.18. The van der Waals surface area contributed by atoms with Crippen LogP contribution in [0.4, 0.5) is 5.69 Å². The maximum Gasteiger partial charge on any atom is 0.269 e. The van der Waals surface area contributed by atoms with Crippen LogP contribution < -0.4 is 3.53 Å². The molecule has 0 heterocycles. The lowest BCUT2D eigenvalue weighted by atomic mass is 10.2. The molecule has 0 saturated heterocycles. The van der Waals surface area contributed by atoms with Gasteiger partial charge in [0, 0.05) is 17.7 Å². The van der Waals surface area contributed by atoms with E-state index in [1.165, 1.54) is 24.3 Å². The van der Waals surface area contributed by atoms with Crippen molar-refractivity contribution < 1.29 is 9.72 Å². The standard InChI is InChI=1S/C7H5IN2O3/c8-9-7(11)5-1-3-6(4-2-5)10(12)13/h1-4H,(H,9,11). The number of nitrogens with zero attached hydrogens (tertiary/aromatic N) is 1. The number of carbonyl (C=O) groups is 1. The van der Waals surface area contributed by atoms with E-state index < -0.39 is 4.92 Å². The number of non-ortho nitro benzene ring substituents is 1. The molecule has 0 aliphatic carbocycles. The Balaban J connectivity index is 2.93. The smallest absolute Gasteiger partial charge is 0.269 e. The Morgan fingerprint density at radius 2 is 1.92 bits per heavy atom. The maximum atomic E-state index is 11.0. The van der Waals surface area contributed by atoms with Gasteiger partial charge in [-0.25, -0.2) is 0 Å². The number of nitro benzene ring substituents is 1. The van der Waals surface area contributed by atoms with Crippen LogP contribution in [0.2, 0.25) is 0 Å². The third-order valence-corrected chi connectivity index (χ3v) is 1.92. The van der Waals surface area contributed by atoms with Crippen molar-refractivity contribution in [2.24, 2.45) is 0 Å². The number of nitrogens with one attached hydrogen (secondary N) is 1. The Morgan fingerprint density at radius 1 is 1.38 bits per heavy atom. The minimum absolute atomic E-state index is 0.0231. The number of nitro groups is 1. The van der Waals surface area contributed by atoms with Crippen LogP contribution in [-0.2, 0) is 0 Å². The van der Waals surface area contributed by atoms with Gasteiger partial charge in [-0.1, -0.05) is 0 Å². The van der Waals surface area contributed by atoms with Crippen LogP contribution in [0.1, 0.15) is 10.4 Å². The summed E-state index contributed by atoms with van der Waals surface area (Å²) in [5.41, 5.74) is 0.380. The third kappa shape index (κ3) is 2.38. The van der Waals surface area contributed by atoms with Crippen LogP contribution in [-0.4, -0.2) is 10.8 Å². The highest BCUT2D eigenvalue weighted by atomic mass is 127. The minimum atomic E-state index is -0.508. The van der Waals surface area contributed by atoms with Gasteiger partial charge in [-0.15, -0.1) is 0 Å². The second-order valence-electron chi connectivity index (χ2n) is 2.23. The van der Waals surface area contributed by atoms with Crippen molar-refractivity contribution in [2.45, 2.75) is 0 Å². The predicted octanol–water partition coefficient (Wildman–Crippen LogP) is 1.67. The fourth-order valence-electron chi connectivity index (χ4n) is 0.789. The van der Waals surface area contributed by atoms with Crippen LogP contribution >= 0.6 is 22.9 Å². The summed E-state index contributed by atoms with van der Waals surface area (Å²) in [7, 11) is 0. The Labute approximate surface area is 87.8 Å². The van der Waals surface area contributed by atoms with Crippen molar-refractivity contribution in [1.82, 2.24) is 3.53 Å². The lowest BCUT2D eigenvalue weighted by Gasteiger charge is -1.96. The monoisotopic (exact) mass is 292 g/mol. The van der Waals surface area contributed by atoms with E-state index in [4.69, 9.17) is 0 Å². The summed E-state index contributed by atoms with van der Waals surface area (Å²) >= 11 is 1.71. The van der Waals surface area contributed by atoms with Crippen molar-refractivity contribution in [2.75, 3.05) is 0 Å². The van der Waals surface area contributed by atoms with Crippen molar-refractivity contribution in [3.8, 4) is 0 Å². The van der Waals surface area contributed by atoms with Gasteiger partial charge in [-0.05, 0) is 12.1 Å². The average Bonchev–Trinajstić information content (AvgIpc) is 2.17. The Bertz CT molecular complexity index is 336. The van der Waals surface area contributed by atoms with Crippen LogP contribution in [0, 0.1) is 10.1 Å². The highest BCUT2D eigenvalue weighted by Crippen LogP contribution is 2.11. The number of rotatable bonds is 2. The van der Waals surface area contributed by atoms with E-state index in [1.807, 2.05) is 0 Å². The van der Waals surface area contributed by atoms with Crippen LogP contribution in [0.25, 0.3) is 0 Å². The van der Waals surface area contributed by atoms with E-state index in [9.17, 15) is 14.9 Å². The predicted molar refractivity (Wildman–Crippen MR) is 54.6 cm³/mol. The molecule has 1 N–H and O–H groups in total. The number of carbonyl (C=O) groups excluding carboxylic acids is 1. The molecule has 0 fully saturated rings. The van der Waals surface area contributed by atoms with E-state index in [0.717, 1.165) is 0 Å². The third-order valence-electron chi connectivity index (χ3n) is 1.43. The van der Waals surface area contributed by atoms with Gasteiger partial charge in [0.2, 0.25) is 0 Å². The van der Waals surface area contributed by atoms with E-state index >= 15 is 0 Å². The van der Waals surface area contributed by atoms with Crippen molar-refractivity contribution in [1.29, 1.82) is 0 Å². The molecule has 0 radical (unpaired) electrons. The average molecular weight is 292 g/mol. The summed E-state index contributed by atoms with van der Waals surface area (Å²) in [6.07, 6.45) is 0. The van der Waals surface area contributed by atoms with E-state index in [-0.39, 0.29) is 11.6 Å². The van der Waals surface area contributed by atoms with Crippen LogP contribution in [0.5, 0.6) is 0 Å². The first-order valence-electron chi connectivity index (χ1n) is 3.30. The molecule has 0 bridgehead atoms. The topological polar surface area (TPSA) is 72.2 Å². The zero-order valence-corrected chi connectivity index (χ0v) is 8.52. The zero-order valence-electron chi connectivity index (χ0n) is 6.36. The fourth-order valence-corrected chi connectivity index (χ4v) is 1.10. The number of hydrogen-bond acceptors (Lipinski definition) is 3. The highest BCUT2D eigenvalue weighted by molar-refractivity contribution is 14.1. The van der Waals surface area contributed by atoms with Gasteiger partial charge in [0.1, 0.15) is 0 Å². The van der Waals surface area contributed by atoms with Gasteiger partial charge in [-0.2, -0.15) is 0 Å². The van der Waals surface area contributed by atoms with Gasteiger partial charge < -0.3 is 0 Å². The fraction of sp³-hybridized carbons (Fsp3) is 0. The quantitative estimate of drug-likeness (QED) is 0.390. The first kappa shape index (κ1) is 9.90. The number of benzene rings is 1. The molecule has 0 unspecified atom stereocenters. The van der Waals surface area contributed by atoms with Crippen molar-refractivity contribution in [3.05, 3.63) is 39.9 Å². The molecule has 0 saturated carbocycles. The van der Waals surface area contributed by atoms with Crippen molar-refractivity contribution >= 4 is 34.5 Å². The Hall–Kier alpha value is -1.18. The number of amides is 1. The summed E-state index contributed by atoms with van der Waals surface area (Å²) in [6, 6.07) is 5.40. The second-order valence-corrected chi connectivity index (χ2v) is 2.77. The molecule has 1 aromatic rings. The van der Waals surface area contributed by atoms with Gasteiger partial charge in [0.05, 0.1) is 27.8 Å². The summed E-state index contributed by atoms with van der Waals surface area (Å²) in [4.78, 5) is 20.8. The molecule has 1 amide bonds. The summed E-state index contributed by atoms with van der Waals surface area (Å²) in [5, 5.41) is 10.3. The zero-order chi connectivity index (χ0) is 9.84. The molecular formula is C7H5IN2O3. The highest BCUT2D eigenvalue weighted by Gasteiger charge is 2.07. The molecule has 5 nitrogen and oxygen atoms in total. The lowest BCUT2D eigenvalue weighted by molar-refractivity contribution is -0.384. The van der Waals surface area contributed by atoms with E-state index in [2.05, 4.69) is 3.53 Å². The Morgan fingerprint density at radius 3 is 2.31 bits per heavy atom. The van der Waals surface area contributed by atoms with Gasteiger partial charge >= 0.3 is 0 Å². The van der Waals surface area contributed by atoms with Gasteiger partial charge in [-0.3, -0.25) is 18.4 Å². The summed E-state index contributed by atoms with van der Waals surface area (Å²) in [5.74, 6) is -0.268. The van der Waals surface area contributed by atoms with Crippen LogP contribution in [0.3, 0.4) is 0 Å². The molecule has 0 spiro atoms. The van der Waals surface area contributed by atoms with Gasteiger partial charge in [0.25, 0.3) is 11.6 Å². The molecule has 1 rings (SSSR count). The van der Waals surface area contributed by atoms with E-state index in [0.29, 0.717) is 5.56 Å². The second kappa shape index (κ2) is 4.17. The molecule has 0 aromatic heterocycles. The largest absolute Gasteiger partial charge is 0.295 e. The molecule has 0 atom stereocenters. The first-order valence-corrected chi connectivity index (χ1v) is 4.38.